The third-order valence-electron chi connectivity index (χ3n) is 3.02. The molecule has 138 valence electrons. The van der Waals surface area contributed by atoms with Crippen molar-refractivity contribution in [1.29, 1.82) is 0 Å². The third kappa shape index (κ3) is 12.1. The number of aldehydes is 1. The molecule has 25 heavy (non-hydrogen) atoms. The Kier molecular flexibility index (Phi) is 13.2. The van der Waals surface area contributed by atoms with Gasteiger partial charge in [-0.1, -0.05) is 0 Å². The number of carbonyl (C=O) groups excluding carboxylic acids is 1. The normalized spacial score (nSPS) is 10.4. The molecule has 0 bridgehead atoms. The van der Waals surface area contributed by atoms with Gasteiger partial charge in [0.15, 0.2) is 0 Å². The molecular formula is C19H26O6. The molecule has 0 atom stereocenters. The van der Waals surface area contributed by atoms with Gasteiger partial charge >= 0.3 is 0 Å². The molecule has 0 saturated carbocycles. The fraction of sp³-hybridized carbons (Fsp3) is 0.526. The Morgan fingerprint density at radius 2 is 1.24 bits per heavy atom. The minimum Gasteiger partial charge on any atom is -0.491 e. The van der Waals surface area contributed by atoms with Gasteiger partial charge in [-0.3, -0.25) is 4.79 Å². The van der Waals surface area contributed by atoms with Gasteiger partial charge in [-0.15, -0.1) is 12.3 Å². The molecule has 0 radical (unpaired) electrons. The Bertz CT molecular complexity index is 480. The monoisotopic (exact) mass is 350 g/mol. The molecule has 0 aliphatic carbocycles. The summed E-state index contributed by atoms with van der Waals surface area (Å²) in [5.74, 6) is 3.22. The summed E-state index contributed by atoms with van der Waals surface area (Å²) in [4.78, 5) is 10.5. The van der Waals surface area contributed by atoms with Crippen LogP contribution in [0.25, 0.3) is 0 Å². The van der Waals surface area contributed by atoms with Crippen molar-refractivity contribution in [2.75, 3.05) is 59.5 Å². The van der Waals surface area contributed by atoms with Gasteiger partial charge in [0.2, 0.25) is 0 Å². The first kappa shape index (κ1) is 21.1. The maximum atomic E-state index is 10.5. The molecule has 0 aliphatic heterocycles. The van der Waals surface area contributed by atoms with Crippen LogP contribution in [0.5, 0.6) is 5.75 Å². The number of hydrogen-bond acceptors (Lipinski definition) is 6. The maximum Gasteiger partial charge on any atom is 0.150 e. The van der Waals surface area contributed by atoms with Crippen molar-refractivity contribution >= 4 is 6.29 Å². The highest BCUT2D eigenvalue weighted by molar-refractivity contribution is 5.74. The van der Waals surface area contributed by atoms with E-state index in [1.165, 1.54) is 0 Å². The third-order valence-corrected chi connectivity index (χ3v) is 3.02. The summed E-state index contributed by atoms with van der Waals surface area (Å²) in [6.07, 6.45) is 6.53. The molecule has 0 saturated heterocycles. The topological polar surface area (TPSA) is 63.2 Å². The zero-order valence-electron chi connectivity index (χ0n) is 14.5. The van der Waals surface area contributed by atoms with Crippen LogP contribution in [0, 0.1) is 12.3 Å². The molecule has 0 fully saturated rings. The SMILES string of the molecule is C#CCCOCCOCCOCCOCCOc1ccc(C=O)cc1. The van der Waals surface area contributed by atoms with E-state index in [2.05, 4.69) is 5.92 Å². The van der Waals surface area contributed by atoms with E-state index in [1.54, 1.807) is 24.3 Å². The van der Waals surface area contributed by atoms with E-state index in [-0.39, 0.29) is 0 Å². The summed E-state index contributed by atoms with van der Waals surface area (Å²) in [5.41, 5.74) is 0.626. The molecule has 1 aromatic carbocycles. The van der Waals surface area contributed by atoms with Crippen molar-refractivity contribution in [3.8, 4) is 18.1 Å². The van der Waals surface area contributed by atoms with Gasteiger partial charge in [0.1, 0.15) is 18.6 Å². The van der Waals surface area contributed by atoms with Gasteiger partial charge in [0.25, 0.3) is 0 Å². The first-order chi connectivity index (χ1) is 12.4. The lowest BCUT2D eigenvalue weighted by Crippen LogP contribution is -2.13. The summed E-state index contributed by atoms with van der Waals surface area (Å²) in [6.45, 7) is 4.64. The van der Waals surface area contributed by atoms with E-state index < -0.39 is 0 Å². The summed E-state index contributed by atoms with van der Waals surface area (Å²) in [5, 5.41) is 0. The molecule has 0 heterocycles. The summed E-state index contributed by atoms with van der Waals surface area (Å²) in [7, 11) is 0. The van der Waals surface area contributed by atoms with Gasteiger partial charge in [-0.05, 0) is 24.3 Å². The first-order valence-corrected chi connectivity index (χ1v) is 8.29. The van der Waals surface area contributed by atoms with Crippen LogP contribution >= 0.6 is 0 Å². The highest BCUT2D eigenvalue weighted by atomic mass is 16.6. The number of rotatable bonds is 16. The number of terminal acetylenes is 1. The predicted molar refractivity (Wildman–Crippen MR) is 94.1 cm³/mol. The highest BCUT2D eigenvalue weighted by Crippen LogP contribution is 2.10. The van der Waals surface area contributed by atoms with Gasteiger partial charge in [-0.25, -0.2) is 0 Å². The lowest BCUT2D eigenvalue weighted by molar-refractivity contribution is -0.00406. The van der Waals surface area contributed by atoms with Crippen molar-refractivity contribution < 1.29 is 28.5 Å². The zero-order chi connectivity index (χ0) is 18.0. The average molecular weight is 350 g/mol. The second-order valence-electron chi connectivity index (χ2n) is 4.94. The first-order valence-electron chi connectivity index (χ1n) is 8.29. The van der Waals surface area contributed by atoms with E-state index in [9.17, 15) is 4.79 Å². The van der Waals surface area contributed by atoms with E-state index in [0.29, 0.717) is 77.2 Å². The Morgan fingerprint density at radius 3 is 1.72 bits per heavy atom. The second-order valence-corrected chi connectivity index (χ2v) is 4.94. The number of carbonyl (C=O) groups is 1. The van der Waals surface area contributed by atoms with Crippen molar-refractivity contribution in [2.24, 2.45) is 0 Å². The summed E-state index contributed by atoms with van der Waals surface area (Å²) < 4.78 is 26.9. The Balaban J connectivity index is 1.80. The van der Waals surface area contributed by atoms with Gasteiger partial charge in [0.05, 0.1) is 52.9 Å². The number of hydrogen-bond donors (Lipinski definition) is 0. The van der Waals surface area contributed by atoms with Crippen LogP contribution < -0.4 is 4.74 Å². The summed E-state index contributed by atoms with van der Waals surface area (Å²) >= 11 is 0. The van der Waals surface area contributed by atoms with E-state index in [0.717, 1.165) is 6.29 Å². The maximum absolute atomic E-state index is 10.5. The van der Waals surface area contributed by atoms with Gasteiger partial charge in [-0.2, -0.15) is 0 Å². The van der Waals surface area contributed by atoms with Crippen LogP contribution in [0.1, 0.15) is 16.8 Å². The molecule has 0 unspecified atom stereocenters. The number of benzene rings is 1. The van der Waals surface area contributed by atoms with E-state index in [4.69, 9.17) is 30.1 Å². The van der Waals surface area contributed by atoms with Crippen LogP contribution in [0.15, 0.2) is 24.3 Å². The lowest BCUT2D eigenvalue weighted by Gasteiger charge is -2.08. The van der Waals surface area contributed by atoms with Crippen LogP contribution in [-0.2, 0) is 18.9 Å². The van der Waals surface area contributed by atoms with Gasteiger partial charge in [0, 0.05) is 12.0 Å². The lowest BCUT2D eigenvalue weighted by atomic mass is 10.2. The molecule has 0 N–H and O–H groups in total. The Morgan fingerprint density at radius 1 is 0.760 bits per heavy atom. The Hall–Kier alpha value is -1.91. The van der Waals surface area contributed by atoms with Crippen molar-refractivity contribution in [1.82, 2.24) is 0 Å². The minimum atomic E-state index is 0.448. The number of ether oxygens (including phenoxy) is 5. The molecule has 1 aromatic rings. The zero-order valence-corrected chi connectivity index (χ0v) is 14.5. The molecule has 0 amide bonds. The van der Waals surface area contributed by atoms with Crippen LogP contribution in [0.3, 0.4) is 0 Å². The fourth-order valence-electron chi connectivity index (χ4n) is 1.75. The molecule has 0 spiro atoms. The van der Waals surface area contributed by atoms with E-state index in [1.807, 2.05) is 0 Å². The van der Waals surface area contributed by atoms with Crippen molar-refractivity contribution in [3.05, 3.63) is 29.8 Å². The van der Waals surface area contributed by atoms with Crippen LogP contribution in [0.4, 0.5) is 0 Å². The largest absolute Gasteiger partial charge is 0.491 e. The van der Waals surface area contributed by atoms with Crippen molar-refractivity contribution in [3.63, 3.8) is 0 Å². The quantitative estimate of drug-likeness (QED) is 0.258. The van der Waals surface area contributed by atoms with Crippen molar-refractivity contribution in [2.45, 2.75) is 6.42 Å². The van der Waals surface area contributed by atoms with Gasteiger partial charge < -0.3 is 23.7 Å². The standard InChI is InChI=1S/C19H26O6/c1-2-3-8-21-9-10-22-11-12-23-13-14-24-15-16-25-19-6-4-18(17-20)5-7-19/h1,4-7,17H,3,8-16H2. The predicted octanol–water partition coefficient (Wildman–Crippen LogP) is 1.97. The fourth-order valence-corrected chi connectivity index (χ4v) is 1.75. The van der Waals surface area contributed by atoms with E-state index >= 15 is 0 Å². The average Bonchev–Trinajstić information content (AvgIpc) is 2.65. The molecule has 6 heteroatoms. The summed E-state index contributed by atoms with van der Waals surface area (Å²) in [6, 6.07) is 6.94. The molecule has 1 rings (SSSR count). The minimum absolute atomic E-state index is 0.448. The molecule has 0 aromatic heterocycles. The highest BCUT2D eigenvalue weighted by Gasteiger charge is 1.96. The molecular weight excluding hydrogens is 324 g/mol. The molecule has 6 nitrogen and oxygen atoms in total. The second kappa shape index (κ2) is 15.6. The van der Waals surface area contributed by atoms with Crippen LogP contribution in [0.2, 0.25) is 0 Å². The van der Waals surface area contributed by atoms with Crippen LogP contribution in [-0.4, -0.2) is 65.7 Å². The smallest absolute Gasteiger partial charge is 0.150 e. The Labute approximate surface area is 149 Å². The molecule has 0 aliphatic rings.